The minimum atomic E-state index is 0. The Labute approximate surface area is 2660 Å². The summed E-state index contributed by atoms with van der Waals surface area (Å²) in [5.41, 5.74) is 0. The molecule has 0 bridgehead atoms. The van der Waals surface area contributed by atoms with Crippen LogP contribution in [0.2, 0.25) is 0 Å². The maximum atomic E-state index is 0. The molecule has 72 heteroatoms. The molecule has 0 atom stereocenters. The van der Waals surface area contributed by atoms with E-state index in [0.29, 0.717) is 0 Å². The molecule has 0 rings (SSSR count). The van der Waals surface area contributed by atoms with Crippen LogP contribution in [0.1, 0.15) is 0 Å². The predicted octanol–water partition coefficient (Wildman–Crippen LogP) is 0. The van der Waals surface area contributed by atoms with E-state index < -0.39 is 0 Å². The van der Waals surface area contributed by atoms with E-state index >= 15 is 0 Å². The maximum absolute atomic E-state index is 0. The molecule has 0 aliphatic rings. The van der Waals surface area contributed by atoms with Gasteiger partial charge in [0, 0.05) is 2780 Å². The summed E-state index contributed by atoms with van der Waals surface area (Å²) in [6, 6.07) is 0. The third kappa shape index (κ3) is 495. The molecule has 0 saturated heterocycles. The Morgan fingerprint density at radius 1 is 0.0139 bits per heavy atom. The number of rotatable bonds is 0. The van der Waals surface area contributed by atoms with Gasteiger partial charge in [-0.05, 0) is 0 Å². The largest absolute Gasteiger partial charge is 0 e. The molecule has 72 radical (unpaired) electrons. The quantitative estimate of drug-likeness (QED) is 0.321. The van der Waals surface area contributed by atoms with Crippen molar-refractivity contribution in [2.45, 2.75) is 0 Å². The Morgan fingerprint density at radius 2 is 0.0139 bits per heavy atom. The van der Waals surface area contributed by atoms with Crippen molar-refractivity contribution in [3.63, 3.8) is 0 Å². The molecule has 0 aromatic rings. The zero-order chi connectivity index (χ0) is 0. The topological polar surface area (TPSA) is 0 Å². The van der Waals surface area contributed by atoms with Gasteiger partial charge in [-0.25, -0.2) is 0 Å². The van der Waals surface area contributed by atoms with Crippen LogP contribution in [-0.4, -0.2) is 0 Å². The summed E-state index contributed by atoms with van der Waals surface area (Å²) < 4.78 is 0. The molecular weight excluding hydrogens is 11400 g/mol. The van der Waals surface area contributed by atoms with Crippen LogP contribution in [0.25, 0.3) is 0 Å². The van der Waals surface area contributed by atoms with Crippen molar-refractivity contribution >= 4 is 0 Å². The van der Waals surface area contributed by atoms with Crippen LogP contribution in [0.3, 0.4) is 0 Å². The third-order valence-corrected chi connectivity index (χ3v) is 0. The van der Waals surface area contributed by atoms with E-state index in [1.54, 1.807) is 0 Å². The van der Waals surface area contributed by atoms with Gasteiger partial charge >= 0.3 is 0 Å². The van der Waals surface area contributed by atoms with Gasteiger partial charge in [-0.2, -0.15) is 0 Å². The molecule has 0 nitrogen and oxygen atoms in total. The monoisotopic (exact) mass is 11400 g/mol. The molecule has 0 fully saturated rings. The van der Waals surface area contributed by atoms with Crippen molar-refractivity contribution in [1.82, 2.24) is 0 Å². The van der Waals surface area contributed by atoms with Crippen molar-refractivity contribution in [1.29, 1.82) is 0 Å². The first kappa shape index (κ1) is 514. The summed E-state index contributed by atoms with van der Waals surface area (Å²) >= 11 is 0. The Balaban J connectivity index is 0. The summed E-state index contributed by atoms with van der Waals surface area (Å²) in [5.74, 6) is 0. The van der Waals surface area contributed by atoms with Crippen LogP contribution in [0.5, 0.6) is 0 Å². The average Bonchev–Trinajstić information content (AvgIpc) is 0. The molecular formula is Tb72. The molecule has 0 amide bonds. The minimum absolute atomic E-state index is 0. The van der Waals surface area contributed by atoms with Crippen LogP contribution in [0, 0.1) is 2780 Å². The van der Waals surface area contributed by atoms with Crippen molar-refractivity contribution in [2.75, 3.05) is 0 Å². The van der Waals surface area contributed by atoms with Gasteiger partial charge in [-0.1, -0.05) is 0 Å². The van der Waals surface area contributed by atoms with E-state index in [9.17, 15) is 0 Å². The zero-order valence-electron chi connectivity index (χ0n) is 24.0. The molecule has 0 heterocycles. The first-order chi connectivity index (χ1) is 0. The van der Waals surface area contributed by atoms with Crippen molar-refractivity contribution in [3.05, 3.63) is 0 Å². The van der Waals surface area contributed by atoms with Crippen molar-refractivity contribution < 1.29 is 2780 Å². The fraction of sp³-hybridized carbons (Fsp3) is 0. The molecule has 0 aliphatic carbocycles. The van der Waals surface area contributed by atoms with Gasteiger partial charge in [0.2, 0.25) is 0 Å². The molecule has 72 heavy (non-hydrogen) atoms. The van der Waals surface area contributed by atoms with Gasteiger partial charge in [0.05, 0.1) is 0 Å². The third-order valence-electron chi connectivity index (χ3n) is 0. The predicted molar refractivity (Wildman–Crippen MR) is 0 cm³/mol. The first-order valence-corrected chi connectivity index (χ1v) is 0. The van der Waals surface area contributed by atoms with Crippen LogP contribution < -0.4 is 0 Å². The standard InChI is InChI=1S/72Tb. The molecule has 0 saturated carbocycles. The Hall–Kier alpha value is 92.6. The summed E-state index contributed by atoms with van der Waals surface area (Å²) in [7, 11) is 0. The van der Waals surface area contributed by atoms with Crippen molar-refractivity contribution in [3.8, 4) is 0 Å². The maximum Gasteiger partial charge on any atom is 0 e. The summed E-state index contributed by atoms with van der Waals surface area (Å²) in [5, 5.41) is 0. The molecule has 0 aromatic heterocycles. The second-order valence-electron chi connectivity index (χ2n) is 0. The Morgan fingerprint density at radius 3 is 0.0139 bits per heavy atom. The van der Waals surface area contributed by atoms with Crippen molar-refractivity contribution in [2.24, 2.45) is 0 Å². The summed E-state index contributed by atoms with van der Waals surface area (Å²) in [4.78, 5) is 0. The first-order valence-electron chi connectivity index (χ1n) is 0. The molecule has 0 unspecified atom stereocenters. The van der Waals surface area contributed by atoms with Crippen LogP contribution >= 0.6 is 0 Å². The fourth-order valence-electron chi connectivity index (χ4n) is 0. The van der Waals surface area contributed by atoms with E-state index in [0.717, 1.165) is 0 Å². The van der Waals surface area contributed by atoms with E-state index in [1.807, 2.05) is 0 Å². The van der Waals surface area contributed by atoms with Gasteiger partial charge in [0.15, 0.2) is 0 Å². The minimum Gasteiger partial charge on any atom is 0 e. The van der Waals surface area contributed by atoms with Gasteiger partial charge in [0.1, 0.15) is 0 Å². The fourth-order valence-corrected chi connectivity index (χ4v) is 0. The molecule has 0 aromatic carbocycles. The van der Waals surface area contributed by atoms with Gasteiger partial charge < -0.3 is 0 Å². The zero-order valence-corrected chi connectivity index (χ0v) is 178. The Kier molecular flexibility index (Phi) is 3600. The average molecular weight is 11400 g/mol. The molecule has 0 N–H and O–H groups in total. The van der Waals surface area contributed by atoms with Gasteiger partial charge in [-0.3, -0.25) is 0 Å². The van der Waals surface area contributed by atoms with E-state index in [2.05, 4.69) is 0 Å². The van der Waals surface area contributed by atoms with E-state index in [1.165, 1.54) is 0 Å². The molecule has 648 valence electrons. The van der Waals surface area contributed by atoms with Crippen LogP contribution in [-0.2, 0) is 0 Å². The molecule has 0 spiro atoms. The second kappa shape index (κ2) is 504. The van der Waals surface area contributed by atoms with Crippen LogP contribution in [0.15, 0.2) is 0 Å². The van der Waals surface area contributed by atoms with Gasteiger partial charge in [-0.15, -0.1) is 0 Å². The number of hydrogen-bond acceptors (Lipinski definition) is 0. The Bertz CT molecular complexity index is 0. The van der Waals surface area contributed by atoms with E-state index in [4.69, 9.17) is 0 Å². The van der Waals surface area contributed by atoms with Gasteiger partial charge in [0.25, 0.3) is 0 Å². The molecule has 0 aliphatic heterocycles. The second-order valence-corrected chi connectivity index (χ2v) is 0. The van der Waals surface area contributed by atoms with Crippen LogP contribution in [0.4, 0.5) is 0 Å². The van der Waals surface area contributed by atoms with E-state index in [-0.39, 0.29) is 2780 Å². The smallest absolute Gasteiger partial charge is 0 e. The SMILES string of the molecule is [Tb].[Tb].[Tb].[Tb].[Tb].[Tb].[Tb].[Tb].[Tb].[Tb].[Tb].[Tb].[Tb].[Tb].[Tb].[Tb].[Tb].[Tb].[Tb].[Tb].[Tb].[Tb].[Tb].[Tb].[Tb].[Tb].[Tb].[Tb].[Tb].[Tb].[Tb].[Tb].[Tb].[Tb].[Tb].[Tb].[Tb].[Tb].[Tb].[Tb].[Tb].[Tb].[Tb].[Tb].[Tb].[Tb].[Tb].[Tb].[Tb].[Tb].[Tb].[Tb].[Tb].[Tb].[Tb].[Tb].[Tb].[Tb].[Tb].[Tb].[Tb].[Tb].[Tb].[Tb].[Tb].[Tb].[Tb].[Tb].[Tb].[Tb].[Tb].[Tb]. The summed E-state index contributed by atoms with van der Waals surface area (Å²) in [6.07, 6.45) is 0. The normalized spacial score (nSPS) is 0. The summed E-state index contributed by atoms with van der Waals surface area (Å²) in [6.45, 7) is 0. The number of hydrogen-bond donors (Lipinski definition) is 0.